The smallest absolute Gasteiger partial charge is 0.338 e. The molecule has 0 aliphatic carbocycles. The van der Waals surface area contributed by atoms with Crippen LogP contribution >= 0.6 is 0 Å². The highest BCUT2D eigenvalue weighted by Gasteiger charge is 2.20. The van der Waals surface area contributed by atoms with Gasteiger partial charge in [-0.05, 0) is 6.92 Å². The van der Waals surface area contributed by atoms with Crippen molar-refractivity contribution in [2.24, 2.45) is 0 Å². The highest BCUT2D eigenvalue weighted by Crippen LogP contribution is 2.11. The van der Waals surface area contributed by atoms with Crippen molar-refractivity contribution in [1.29, 1.82) is 0 Å². The number of esters is 2. The van der Waals surface area contributed by atoms with Gasteiger partial charge < -0.3 is 24.3 Å². The van der Waals surface area contributed by atoms with Gasteiger partial charge in [-0.15, -0.1) is 0 Å². The molecule has 20 heavy (non-hydrogen) atoms. The van der Waals surface area contributed by atoms with Crippen LogP contribution in [0.3, 0.4) is 0 Å². The van der Waals surface area contributed by atoms with Gasteiger partial charge in [-0.3, -0.25) is 0 Å². The van der Waals surface area contributed by atoms with Crippen LogP contribution < -0.4 is 5.32 Å². The molecular formula is C13H17NO6. The molecular weight excluding hydrogens is 266 g/mol. The average Bonchev–Trinajstić information content (AvgIpc) is 2.41. The lowest BCUT2D eigenvalue weighted by atomic mass is 10.2. The second-order valence-corrected chi connectivity index (χ2v) is 4.29. The van der Waals surface area contributed by atoms with Crippen molar-refractivity contribution in [3.8, 4) is 0 Å². The van der Waals surface area contributed by atoms with E-state index >= 15 is 0 Å². The zero-order valence-electron chi connectivity index (χ0n) is 11.3. The summed E-state index contributed by atoms with van der Waals surface area (Å²) in [7, 11) is 0. The topological polar surface area (TPSA) is 83.1 Å². The lowest BCUT2D eigenvalue weighted by molar-refractivity contribution is -0.143. The van der Waals surface area contributed by atoms with Crippen molar-refractivity contribution in [1.82, 2.24) is 5.32 Å². The predicted molar refractivity (Wildman–Crippen MR) is 67.5 cm³/mol. The monoisotopic (exact) mass is 283 g/mol. The first-order valence-corrected chi connectivity index (χ1v) is 6.33. The van der Waals surface area contributed by atoms with Crippen LogP contribution in [0.2, 0.25) is 0 Å². The van der Waals surface area contributed by atoms with Crippen molar-refractivity contribution in [3.63, 3.8) is 0 Å². The molecule has 0 atom stereocenters. The van der Waals surface area contributed by atoms with E-state index in [1.54, 1.807) is 6.92 Å². The molecule has 3 heterocycles. The van der Waals surface area contributed by atoms with Crippen LogP contribution in [0, 0.1) is 0 Å². The number of carbonyl (C=O) groups excluding carboxylic acids is 2. The van der Waals surface area contributed by atoms with E-state index in [2.05, 4.69) is 5.32 Å². The summed E-state index contributed by atoms with van der Waals surface area (Å²) in [5.41, 5.74) is 1.33. The Morgan fingerprint density at radius 2 is 1.65 bits per heavy atom. The molecule has 1 N–H and O–H groups in total. The Balaban J connectivity index is 2.20. The second-order valence-electron chi connectivity index (χ2n) is 4.29. The van der Waals surface area contributed by atoms with Gasteiger partial charge in [-0.1, -0.05) is 0 Å². The molecule has 1 fully saturated rings. The fourth-order valence-electron chi connectivity index (χ4n) is 1.69. The van der Waals surface area contributed by atoms with Gasteiger partial charge in [0.05, 0.1) is 37.6 Å². The van der Waals surface area contributed by atoms with Gasteiger partial charge in [0, 0.05) is 11.9 Å². The molecule has 3 aliphatic heterocycles. The summed E-state index contributed by atoms with van der Waals surface area (Å²) < 4.78 is 20.7. The highest BCUT2D eigenvalue weighted by molar-refractivity contribution is 5.90. The van der Waals surface area contributed by atoms with Gasteiger partial charge in [0.15, 0.2) is 0 Å². The number of ether oxygens (including phenoxy) is 4. The van der Waals surface area contributed by atoms with Crippen LogP contribution in [0.5, 0.6) is 0 Å². The molecule has 7 nitrogen and oxygen atoms in total. The van der Waals surface area contributed by atoms with E-state index in [0.717, 1.165) is 0 Å². The molecule has 2 bridgehead atoms. The van der Waals surface area contributed by atoms with Crippen LogP contribution in [-0.2, 0) is 28.5 Å². The molecule has 3 aliphatic rings. The molecule has 110 valence electrons. The van der Waals surface area contributed by atoms with Gasteiger partial charge in [-0.25, -0.2) is 9.59 Å². The third kappa shape index (κ3) is 3.82. The summed E-state index contributed by atoms with van der Waals surface area (Å²) in [6.07, 6.45) is 1.48. The van der Waals surface area contributed by atoms with Crippen LogP contribution in [-0.4, -0.2) is 51.6 Å². The van der Waals surface area contributed by atoms with Crippen LogP contribution in [0.25, 0.3) is 0 Å². The van der Waals surface area contributed by atoms with Crippen molar-refractivity contribution >= 4 is 11.9 Å². The van der Waals surface area contributed by atoms with Gasteiger partial charge in [0.2, 0.25) is 0 Å². The molecule has 0 aromatic carbocycles. The van der Waals surface area contributed by atoms with E-state index in [-0.39, 0.29) is 39.6 Å². The minimum atomic E-state index is -0.461. The average molecular weight is 283 g/mol. The number of hydrogen-bond acceptors (Lipinski definition) is 7. The standard InChI is InChI=1S/C13H17NO6/c1-9-11-8-18-7-10(6-14-9)12(15)19-4-2-17-3-5-20-13(11)16/h6,14H,2-5,7-8H2,1H3. The van der Waals surface area contributed by atoms with Crippen molar-refractivity contribution < 1.29 is 28.5 Å². The second kappa shape index (κ2) is 7.06. The van der Waals surface area contributed by atoms with E-state index in [1.807, 2.05) is 0 Å². The van der Waals surface area contributed by atoms with Crippen molar-refractivity contribution in [3.05, 3.63) is 23.0 Å². The van der Waals surface area contributed by atoms with Crippen molar-refractivity contribution in [2.45, 2.75) is 6.92 Å². The lowest BCUT2D eigenvalue weighted by Crippen LogP contribution is -2.26. The fourth-order valence-corrected chi connectivity index (χ4v) is 1.69. The quantitative estimate of drug-likeness (QED) is 0.490. The predicted octanol–water partition coefficient (Wildman–Crippen LogP) is -0.119. The highest BCUT2D eigenvalue weighted by atomic mass is 16.6. The Morgan fingerprint density at radius 1 is 0.950 bits per heavy atom. The number of nitrogens with one attached hydrogen (secondary N) is 1. The zero-order chi connectivity index (χ0) is 14.4. The van der Waals surface area contributed by atoms with E-state index in [1.165, 1.54) is 6.20 Å². The number of carbonyl (C=O) groups is 2. The molecule has 0 amide bonds. The van der Waals surface area contributed by atoms with E-state index in [9.17, 15) is 9.59 Å². The van der Waals surface area contributed by atoms with Gasteiger partial charge in [0.25, 0.3) is 0 Å². The molecule has 3 rings (SSSR count). The first-order chi connectivity index (χ1) is 9.68. The molecule has 7 heteroatoms. The maximum absolute atomic E-state index is 11.9. The number of allylic oxidation sites excluding steroid dienone is 1. The minimum Gasteiger partial charge on any atom is -0.460 e. The summed E-state index contributed by atoms with van der Waals surface area (Å²) in [6.45, 7) is 2.65. The Labute approximate surface area is 116 Å². The van der Waals surface area contributed by atoms with E-state index in [4.69, 9.17) is 18.9 Å². The molecule has 1 saturated heterocycles. The third-order valence-corrected chi connectivity index (χ3v) is 2.85. The number of fused-ring (bicyclic) bond motifs is 12. The Kier molecular flexibility index (Phi) is 5.14. The van der Waals surface area contributed by atoms with E-state index < -0.39 is 11.9 Å². The largest absolute Gasteiger partial charge is 0.460 e. The molecule has 0 unspecified atom stereocenters. The van der Waals surface area contributed by atoms with Crippen LogP contribution in [0.15, 0.2) is 23.0 Å². The first-order valence-electron chi connectivity index (χ1n) is 6.33. The molecule has 0 saturated carbocycles. The Bertz CT molecular complexity index is 454. The number of rotatable bonds is 0. The maximum Gasteiger partial charge on any atom is 0.338 e. The maximum atomic E-state index is 11.9. The molecule has 0 aromatic rings. The summed E-state index contributed by atoms with van der Waals surface area (Å²) in [5, 5.41) is 2.90. The minimum absolute atomic E-state index is 0.0662. The van der Waals surface area contributed by atoms with Gasteiger partial charge in [0.1, 0.15) is 13.2 Å². The van der Waals surface area contributed by atoms with Crippen LogP contribution in [0.4, 0.5) is 0 Å². The SMILES string of the molecule is CC1=C2COCC(=CN1)C(=O)OCCOCCOC2=O. The first kappa shape index (κ1) is 14.5. The summed E-state index contributed by atoms with van der Waals surface area (Å²) in [6, 6.07) is 0. The Hall–Kier alpha value is -1.86. The summed E-state index contributed by atoms with van der Waals surface area (Å²) in [5.74, 6) is -0.910. The molecule has 0 spiro atoms. The Morgan fingerprint density at radius 3 is 2.40 bits per heavy atom. The van der Waals surface area contributed by atoms with Crippen LogP contribution in [0.1, 0.15) is 6.92 Å². The summed E-state index contributed by atoms with van der Waals surface area (Å²) >= 11 is 0. The normalized spacial score (nSPS) is 22.1. The zero-order valence-corrected chi connectivity index (χ0v) is 11.3. The van der Waals surface area contributed by atoms with Gasteiger partial charge in [-0.2, -0.15) is 0 Å². The van der Waals surface area contributed by atoms with Crippen molar-refractivity contribution in [2.75, 3.05) is 39.6 Å². The third-order valence-electron chi connectivity index (χ3n) is 2.85. The van der Waals surface area contributed by atoms with E-state index in [0.29, 0.717) is 16.8 Å². The fraction of sp³-hybridized carbons (Fsp3) is 0.538. The lowest BCUT2D eigenvalue weighted by Gasteiger charge is -2.18. The molecule has 0 radical (unpaired) electrons. The van der Waals surface area contributed by atoms with Gasteiger partial charge >= 0.3 is 11.9 Å². The number of hydrogen-bond donors (Lipinski definition) is 1. The molecule has 0 aromatic heterocycles. The summed E-state index contributed by atoms with van der Waals surface area (Å²) in [4.78, 5) is 23.7.